The Bertz CT molecular complexity index is 1290. The number of hydrogen-bond acceptors (Lipinski definition) is 8. The van der Waals surface area contributed by atoms with Gasteiger partial charge in [-0.15, -0.1) is 11.3 Å². The number of nitrogens with two attached hydrogens (primary N) is 2. The Morgan fingerprint density at radius 2 is 1.91 bits per heavy atom. The number of pyridine rings is 1. The lowest BCUT2D eigenvalue weighted by molar-refractivity contribution is 0.364. The largest absolute Gasteiger partial charge is 0.368 e. The van der Waals surface area contributed by atoms with E-state index >= 15 is 0 Å². The first kappa shape index (κ1) is 22.4. The topological polar surface area (TPSA) is 121 Å². The fourth-order valence-corrected chi connectivity index (χ4v) is 6.39. The number of nitrogens with one attached hydrogen (secondary N) is 1. The van der Waals surface area contributed by atoms with Gasteiger partial charge >= 0.3 is 0 Å². The van der Waals surface area contributed by atoms with Gasteiger partial charge in [0, 0.05) is 30.7 Å². The van der Waals surface area contributed by atoms with E-state index in [1.54, 1.807) is 11.3 Å². The molecule has 35 heavy (non-hydrogen) atoms. The van der Waals surface area contributed by atoms with E-state index in [0.717, 1.165) is 66.8 Å². The Balaban J connectivity index is 1.33. The minimum Gasteiger partial charge on any atom is -0.368 e. The summed E-state index contributed by atoms with van der Waals surface area (Å²) in [5, 5.41) is 5.54. The average molecular weight is 489 g/mol. The van der Waals surface area contributed by atoms with Crippen LogP contribution < -0.4 is 16.8 Å². The Morgan fingerprint density at radius 1 is 1.03 bits per heavy atom. The molecule has 0 amide bonds. The van der Waals surface area contributed by atoms with Crippen LogP contribution in [-0.2, 0) is 6.54 Å². The zero-order chi connectivity index (χ0) is 23.8. The minimum absolute atomic E-state index is 0.240. The van der Waals surface area contributed by atoms with E-state index in [-0.39, 0.29) is 12.0 Å². The minimum atomic E-state index is 0.240. The normalized spacial score (nSPS) is 21.1. The summed E-state index contributed by atoms with van der Waals surface area (Å²) in [6.07, 6.45) is 11.1. The molecule has 4 aromatic rings. The SMILES string of the molecule is Nc1nc(NCc2ccc(-c3cccs3)nc2)c2nc(C3CCCC(N)C3)n(C3CCCC3)c2n1. The van der Waals surface area contributed by atoms with Gasteiger partial charge in [0.25, 0.3) is 0 Å². The molecular formula is C26H32N8S. The molecule has 0 radical (unpaired) electrons. The number of aromatic nitrogens is 5. The number of fused-ring (bicyclic) bond motifs is 1. The first-order valence-electron chi connectivity index (χ1n) is 12.7. The smallest absolute Gasteiger partial charge is 0.224 e. The van der Waals surface area contributed by atoms with Crippen molar-refractivity contribution in [2.45, 2.75) is 75.9 Å². The third-order valence-corrected chi connectivity index (χ3v) is 8.30. The Morgan fingerprint density at radius 3 is 2.66 bits per heavy atom. The molecule has 2 aliphatic rings. The molecule has 2 saturated carbocycles. The van der Waals surface area contributed by atoms with Gasteiger partial charge in [-0.1, -0.05) is 31.4 Å². The van der Waals surface area contributed by atoms with Crippen molar-refractivity contribution in [1.82, 2.24) is 24.5 Å². The molecule has 2 aliphatic carbocycles. The quantitative estimate of drug-likeness (QED) is 0.339. The van der Waals surface area contributed by atoms with E-state index in [2.05, 4.69) is 43.4 Å². The molecule has 6 rings (SSSR count). The van der Waals surface area contributed by atoms with E-state index in [1.165, 1.54) is 17.7 Å². The van der Waals surface area contributed by atoms with Crippen LogP contribution in [0.4, 0.5) is 11.8 Å². The number of nitrogen functional groups attached to an aromatic ring is 1. The Hall–Kier alpha value is -3.04. The van der Waals surface area contributed by atoms with Crippen LogP contribution in [-0.4, -0.2) is 30.5 Å². The molecular weight excluding hydrogens is 456 g/mol. The second-order valence-electron chi connectivity index (χ2n) is 9.89. The van der Waals surface area contributed by atoms with Gasteiger partial charge in [-0.25, -0.2) is 4.98 Å². The molecule has 8 nitrogen and oxygen atoms in total. The first-order valence-corrected chi connectivity index (χ1v) is 13.6. The molecule has 0 spiro atoms. The van der Waals surface area contributed by atoms with Gasteiger partial charge in [0.1, 0.15) is 5.82 Å². The number of imidazole rings is 1. The number of rotatable bonds is 6. The zero-order valence-electron chi connectivity index (χ0n) is 19.9. The molecule has 9 heteroatoms. The molecule has 4 aromatic heterocycles. The highest BCUT2D eigenvalue weighted by Crippen LogP contribution is 2.40. The molecule has 182 valence electrons. The summed E-state index contributed by atoms with van der Waals surface area (Å²) in [7, 11) is 0. The van der Waals surface area contributed by atoms with E-state index in [1.807, 2.05) is 12.3 Å². The summed E-state index contributed by atoms with van der Waals surface area (Å²) in [6, 6.07) is 8.95. The predicted molar refractivity (Wildman–Crippen MR) is 141 cm³/mol. The highest BCUT2D eigenvalue weighted by atomic mass is 32.1. The van der Waals surface area contributed by atoms with Gasteiger partial charge in [-0.05, 0) is 55.2 Å². The zero-order valence-corrected chi connectivity index (χ0v) is 20.7. The Labute approximate surface area is 209 Å². The van der Waals surface area contributed by atoms with Gasteiger partial charge in [0.05, 0.1) is 10.6 Å². The maximum absolute atomic E-state index is 6.37. The predicted octanol–water partition coefficient (Wildman–Crippen LogP) is 5.24. The van der Waals surface area contributed by atoms with Crippen LogP contribution >= 0.6 is 11.3 Å². The van der Waals surface area contributed by atoms with Gasteiger partial charge < -0.3 is 21.4 Å². The van der Waals surface area contributed by atoms with E-state index < -0.39 is 0 Å². The highest BCUT2D eigenvalue weighted by molar-refractivity contribution is 7.13. The molecule has 0 aliphatic heterocycles. The summed E-state index contributed by atoms with van der Waals surface area (Å²) < 4.78 is 2.38. The molecule has 0 aromatic carbocycles. The van der Waals surface area contributed by atoms with Crippen LogP contribution in [0, 0.1) is 0 Å². The summed E-state index contributed by atoms with van der Waals surface area (Å²) in [5.74, 6) is 2.44. The van der Waals surface area contributed by atoms with Crippen molar-refractivity contribution >= 4 is 34.3 Å². The lowest BCUT2D eigenvalue weighted by Gasteiger charge is -2.28. The van der Waals surface area contributed by atoms with Crippen LogP contribution in [0.5, 0.6) is 0 Å². The van der Waals surface area contributed by atoms with Crippen LogP contribution in [0.2, 0.25) is 0 Å². The van der Waals surface area contributed by atoms with Crippen LogP contribution in [0.15, 0.2) is 35.8 Å². The van der Waals surface area contributed by atoms with Crippen molar-refractivity contribution < 1.29 is 0 Å². The van der Waals surface area contributed by atoms with Gasteiger partial charge in [-0.2, -0.15) is 9.97 Å². The molecule has 2 unspecified atom stereocenters. The first-order chi connectivity index (χ1) is 17.2. The summed E-state index contributed by atoms with van der Waals surface area (Å²) in [5.41, 5.74) is 16.3. The molecule has 0 saturated heterocycles. The second kappa shape index (κ2) is 9.54. The van der Waals surface area contributed by atoms with Gasteiger partial charge in [-0.3, -0.25) is 4.98 Å². The number of nitrogens with zero attached hydrogens (tertiary/aromatic N) is 5. The Kier molecular flexibility index (Phi) is 6.12. The number of anilines is 2. The van der Waals surface area contributed by atoms with E-state index in [4.69, 9.17) is 21.4 Å². The fraction of sp³-hybridized carbons (Fsp3) is 0.462. The lowest BCUT2D eigenvalue weighted by Crippen LogP contribution is -2.28. The van der Waals surface area contributed by atoms with Crippen molar-refractivity contribution in [2.75, 3.05) is 11.1 Å². The average Bonchev–Trinajstić information content (AvgIpc) is 3.64. The van der Waals surface area contributed by atoms with Crippen LogP contribution in [0.25, 0.3) is 21.7 Å². The standard InChI is InChI=1S/C26H32N8S/c27-18-6-3-5-17(13-18)24-31-22-23(32-26(28)33-25(22)34(24)19-7-1-2-8-19)30-15-16-10-11-20(29-14-16)21-9-4-12-35-21/h4,9-12,14,17-19H,1-3,5-8,13,15,27H2,(H3,28,30,32,33). The third-order valence-electron chi connectivity index (χ3n) is 7.41. The van der Waals surface area contributed by atoms with Crippen molar-refractivity contribution in [3.63, 3.8) is 0 Å². The molecule has 5 N–H and O–H groups in total. The monoisotopic (exact) mass is 488 g/mol. The molecule has 2 fully saturated rings. The number of hydrogen-bond donors (Lipinski definition) is 3. The molecule has 0 bridgehead atoms. The van der Waals surface area contributed by atoms with Crippen LogP contribution in [0.3, 0.4) is 0 Å². The van der Waals surface area contributed by atoms with Crippen molar-refractivity contribution in [3.8, 4) is 10.6 Å². The maximum atomic E-state index is 6.37. The summed E-state index contributed by atoms with van der Waals surface area (Å²) in [6.45, 7) is 0.587. The highest BCUT2D eigenvalue weighted by Gasteiger charge is 2.31. The summed E-state index contributed by atoms with van der Waals surface area (Å²) in [4.78, 5) is 20.2. The summed E-state index contributed by atoms with van der Waals surface area (Å²) >= 11 is 1.69. The lowest BCUT2D eigenvalue weighted by atomic mass is 9.85. The van der Waals surface area contributed by atoms with Crippen LogP contribution in [0.1, 0.15) is 74.7 Å². The van der Waals surface area contributed by atoms with Crippen molar-refractivity contribution in [1.29, 1.82) is 0 Å². The fourth-order valence-electron chi connectivity index (χ4n) is 5.69. The van der Waals surface area contributed by atoms with E-state index in [9.17, 15) is 0 Å². The number of thiophene rings is 1. The third kappa shape index (κ3) is 4.50. The van der Waals surface area contributed by atoms with Gasteiger partial charge in [0.15, 0.2) is 17.0 Å². The molecule has 4 heterocycles. The second-order valence-corrected chi connectivity index (χ2v) is 10.8. The maximum Gasteiger partial charge on any atom is 0.224 e. The van der Waals surface area contributed by atoms with Gasteiger partial charge in [0.2, 0.25) is 5.95 Å². The van der Waals surface area contributed by atoms with Crippen molar-refractivity contribution in [2.24, 2.45) is 5.73 Å². The van der Waals surface area contributed by atoms with Crippen molar-refractivity contribution in [3.05, 3.63) is 47.2 Å². The molecule has 2 atom stereocenters. The van der Waals surface area contributed by atoms with E-state index in [0.29, 0.717) is 24.3 Å².